The highest BCUT2D eigenvalue weighted by atomic mass is 16.7. The lowest BCUT2D eigenvalue weighted by atomic mass is 10.1. The average Bonchev–Trinajstić information content (AvgIpc) is 3.04. The van der Waals surface area contributed by atoms with Gasteiger partial charge in [0.1, 0.15) is 0 Å². The lowest BCUT2D eigenvalue weighted by molar-refractivity contribution is -0.385. The van der Waals surface area contributed by atoms with Crippen molar-refractivity contribution in [1.29, 1.82) is 0 Å². The highest BCUT2D eigenvalue weighted by molar-refractivity contribution is 5.91. The first kappa shape index (κ1) is 18.2. The number of nitrogens with zero attached hydrogens (tertiary/aromatic N) is 1. The van der Waals surface area contributed by atoms with Crippen LogP contribution in [0.3, 0.4) is 0 Å². The van der Waals surface area contributed by atoms with Crippen LogP contribution in [0.5, 0.6) is 11.5 Å². The summed E-state index contributed by atoms with van der Waals surface area (Å²) in [6.07, 6.45) is 2.06. The van der Waals surface area contributed by atoms with E-state index in [1.807, 2.05) is 6.92 Å². The fourth-order valence-electron chi connectivity index (χ4n) is 2.06. The lowest BCUT2D eigenvalue weighted by Gasteiger charge is -2.11. The molecule has 1 aliphatic rings. The molecule has 25 heavy (non-hydrogen) atoms. The molecule has 9 nitrogen and oxygen atoms in total. The van der Waals surface area contributed by atoms with Crippen molar-refractivity contribution in [3.8, 4) is 11.5 Å². The van der Waals surface area contributed by atoms with E-state index in [-0.39, 0.29) is 23.8 Å². The molecule has 0 aliphatic carbocycles. The van der Waals surface area contributed by atoms with Crippen LogP contribution in [0.25, 0.3) is 6.08 Å². The fraction of sp³-hybridized carbons (Fsp3) is 0.375. The van der Waals surface area contributed by atoms with Gasteiger partial charge in [-0.15, -0.1) is 0 Å². The molecule has 0 aromatic heterocycles. The van der Waals surface area contributed by atoms with Gasteiger partial charge in [-0.3, -0.25) is 14.9 Å². The first-order valence-electron chi connectivity index (χ1n) is 7.66. The number of esters is 1. The highest BCUT2D eigenvalue weighted by Crippen LogP contribution is 2.38. The summed E-state index contributed by atoms with van der Waals surface area (Å²) in [5, 5.41) is 13.7. The van der Waals surface area contributed by atoms with Crippen molar-refractivity contribution in [2.24, 2.45) is 0 Å². The van der Waals surface area contributed by atoms with Crippen LogP contribution in [0.1, 0.15) is 25.8 Å². The monoisotopic (exact) mass is 350 g/mol. The Labute approximate surface area is 143 Å². The standard InChI is InChI=1S/C16H18N2O7/c1-3-6-17-16(20)10(2)25-15(19)5-4-11-7-13-14(24-9-23-13)8-12(11)18(21)22/h4-5,7-8,10H,3,6,9H2,1-2H3,(H,17,20)/b5-4-/t10-/m0/s1. The molecule has 1 N–H and O–H groups in total. The van der Waals surface area contributed by atoms with E-state index in [9.17, 15) is 19.7 Å². The number of hydrogen-bond acceptors (Lipinski definition) is 7. The zero-order valence-corrected chi connectivity index (χ0v) is 13.8. The summed E-state index contributed by atoms with van der Waals surface area (Å²) >= 11 is 0. The quantitative estimate of drug-likeness (QED) is 0.345. The number of nitro groups is 1. The Bertz CT molecular complexity index is 715. The third-order valence-electron chi connectivity index (χ3n) is 3.33. The number of rotatable bonds is 7. The van der Waals surface area contributed by atoms with Crippen molar-refractivity contribution in [2.75, 3.05) is 13.3 Å². The normalized spacial score (nSPS) is 13.5. The highest BCUT2D eigenvalue weighted by Gasteiger charge is 2.22. The molecule has 0 saturated carbocycles. The minimum absolute atomic E-state index is 0.0217. The van der Waals surface area contributed by atoms with Gasteiger partial charge in [0.05, 0.1) is 16.6 Å². The average molecular weight is 350 g/mol. The summed E-state index contributed by atoms with van der Waals surface area (Å²) in [5.41, 5.74) is -0.0728. The van der Waals surface area contributed by atoms with E-state index in [4.69, 9.17) is 14.2 Å². The van der Waals surface area contributed by atoms with Crippen molar-refractivity contribution in [3.05, 3.63) is 33.9 Å². The van der Waals surface area contributed by atoms with Crippen LogP contribution in [0, 0.1) is 10.1 Å². The SMILES string of the molecule is CCCNC(=O)[C@H](C)OC(=O)/C=C\c1cc2c(cc1[N+](=O)[O-])OCO2. The molecule has 0 radical (unpaired) electrons. The predicted molar refractivity (Wildman–Crippen MR) is 87.1 cm³/mol. The maximum atomic E-state index is 11.8. The summed E-state index contributed by atoms with van der Waals surface area (Å²) in [6.45, 7) is 3.81. The number of amides is 1. The molecule has 1 aromatic rings. The second kappa shape index (κ2) is 8.13. The Morgan fingerprint density at radius 3 is 2.72 bits per heavy atom. The molecule has 1 aliphatic heterocycles. The Kier molecular flexibility index (Phi) is 5.93. The van der Waals surface area contributed by atoms with Gasteiger partial charge in [-0.2, -0.15) is 0 Å². The molecule has 2 rings (SSSR count). The van der Waals surface area contributed by atoms with E-state index in [0.717, 1.165) is 12.5 Å². The van der Waals surface area contributed by atoms with Crippen LogP contribution in [0.4, 0.5) is 5.69 Å². The number of benzene rings is 1. The summed E-state index contributed by atoms with van der Waals surface area (Å²) in [4.78, 5) is 34.0. The maximum absolute atomic E-state index is 11.8. The van der Waals surface area contributed by atoms with E-state index >= 15 is 0 Å². The summed E-state index contributed by atoms with van der Waals surface area (Å²) < 4.78 is 15.2. The molecule has 0 bridgehead atoms. The van der Waals surface area contributed by atoms with E-state index in [1.165, 1.54) is 25.1 Å². The van der Waals surface area contributed by atoms with Crippen LogP contribution < -0.4 is 14.8 Å². The predicted octanol–water partition coefficient (Wildman–Crippen LogP) is 1.79. The molecule has 1 aromatic carbocycles. The molecular formula is C16H18N2O7. The van der Waals surface area contributed by atoms with Crippen molar-refractivity contribution in [1.82, 2.24) is 5.32 Å². The van der Waals surface area contributed by atoms with E-state index in [0.29, 0.717) is 12.3 Å². The van der Waals surface area contributed by atoms with Crippen LogP contribution >= 0.6 is 0 Å². The molecular weight excluding hydrogens is 332 g/mol. The number of nitro benzene ring substituents is 1. The summed E-state index contributed by atoms with van der Waals surface area (Å²) in [7, 11) is 0. The van der Waals surface area contributed by atoms with Gasteiger partial charge in [-0.1, -0.05) is 6.92 Å². The van der Waals surface area contributed by atoms with Gasteiger partial charge in [0.2, 0.25) is 6.79 Å². The number of hydrogen-bond donors (Lipinski definition) is 1. The van der Waals surface area contributed by atoms with Gasteiger partial charge in [0, 0.05) is 12.6 Å². The van der Waals surface area contributed by atoms with E-state index in [1.54, 1.807) is 0 Å². The Hall–Kier alpha value is -3.10. The zero-order chi connectivity index (χ0) is 18.4. The summed E-state index contributed by atoms with van der Waals surface area (Å²) in [6, 6.07) is 2.63. The van der Waals surface area contributed by atoms with Crippen molar-refractivity contribution >= 4 is 23.6 Å². The topological polar surface area (TPSA) is 117 Å². The molecule has 0 fully saturated rings. The molecule has 9 heteroatoms. The van der Waals surface area contributed by atoms with Gasteiger partial charge in [-0.25, -0.2) is 4.79 Å². The number of carbonyl (C=O) groups excluding carboxylic acids is 2. The van der Waals surface area contributed by atoms with Crippen molar-refractivity contribution in [2.45, 2.75) is 26.4 Å². The molecule has 1 heterocycles. The molecule has 1 amide bonds. The lowest BCUT2D eigenvalue weighted by Crippen LogP contribution is -2.35. The van der Waals surface area contributed by atoms with Gasteiger partial charge in [0.25, 0.3) is 11.6 Å². The number of nitrogens with one attached hydrogen (secondary N) is 1. The minimum atomic E-state index is -0.963. The van der Waals surface area contributed by atoms with Crippen LogP contribution in [0.15, 0.2) is 18.2 Å². The van der Waals surface area contributed by atoms with E-state index < -0.39 is 22.9 Å². The largest absolute Gasteiger partial charge is 0.454 e. The Morgan fingerprint density at radius 2 is 2.08 bits per heavy atom. The van der Waals surface area contributed by atoms with Crippen LogP contribution in [-0.2, 0) is 14.3 Å². The van der Waals surface area contributed by atoms with Crippen molar-refractivity contribution in [3.63, 3.8) is 0 Å². The number of ether oxygens (including phenoxy) is 3. The van der Waals surface area contributed by atoms with Gasteiger partial charge in [-0.05, 0) is 25.5 Å². The first-order valence-corrected chi connectivity index (χ1v) is 7.66. The van der Waals surface area contributed by atoms with E-state index in [2.05, 4.69) is 5.32 Å². The second-order valence-corrected chi connectivity index (χ2v) is 5.22. The summed E-state index contributed by atoms with van der Waals surface area (Å²) in [5.74, 6) is -0.567. The number of carbonyl (C=O) groups is 2. The fourth-order valence-corrected chi connectivity index (χ4v) is 2.06. The van der Waals surface area contributed by atoms with Crippen molar-refractivity contribution < 1.29 is 28.7 Å². The third-order valence-corrected chi connectivity index (χ3v) is 3.33. The molecule has 0 unspecified atom stereocenters. The van der Waals surface area contributed by atoms with Crippen LogP contribution in [0.2, 0.25) is 0 Å². The van der Waals surface area contributed by atoms with Crippen LogP contribution in [-0.4, -0.2) is 36.2 Å². The minimum Gasteiger partial charge on any atom is -0.454 e. The molecule has 134 valence electrons. The van der Waals surface area contributed by atoms with Gasteiger partial charge >= 0.3 is 5.97 Å². The van der Waals surface area contributed by atoms with Gasteiger partial charge in [0.15, 0.2) is 17.6 Å². The molecule has 0 saturated heterocycles. The molecule has 1 atom stereocenters. The first-order chi connectivity index (χ1) is 11.9. The Balaban J connectivity index is 2.07. The zero-order valence-electron chi connectivity index (χ0n) is 13.8. The van der Waals surface area contributed by atoms with Gasteiger partial charge < -0.3 is 19.5 Å². The number of fused-ring (bicyclic) bond motifs is 1. The Morgan fingerprint density at radius 1 is 1.40 bits per heavy atom. The third kappa shape index (κ3) is 4.69. The smallest absolute Gasteiger partial charge is 0.331 e. The maximum Gasteiger partial charge on any atom is 0.331 e. The molecule has 0 spiro atoms. The second-order valence-electron chi connectivity index (χ2n) is 5.22.